The molecule has 0 aromatic rings. The minimum Gasteiger partial charge on any atom is -0.313 e. The van der Waals surface area contributed by atoms with Crippen LogP contribution in [0.2, 0.25) is 0 Å². The van der Waals surface area contributed by atoms with Crippen LogP contribution in [0.3, 0.4) is 0 Å². The van der Waals surface area contributed by atoms with Crippen molar-refractivity contribution in [1.29, 1.82) is 0 Å². The summed E-state index contributed by atoms with van der Waals surface area (Å²) in [5, 5.41) is 3.56. The molecule has 1 aliphatic rings. The molecule has 2 heteroatoms. The van der Waals surface area contributed by atoms with Crippen molar-refractivity contribution < 1.29 is 0 Å². The molecule has 0 aromatic heterocycles. The second kappa shape index (κ2) is 5.04. The zero-order valence-corrected chi connectivity index (χ0v) is 8.41. The lowest BCUT2D eigenvalue weighted by molar-refractivity contribution is 0.514. The SMILES string of the molecule is CCSCCNC(C)C1CC1. The van der Waals surface area contributed by atoms with Gasteiger partial charge in [-0.1, -0.05) is 6.92 Å². The predicted molar refractivity (Wildman–Crippen MR) is 53.2 cm³/mol. The third-order valence-electron chi connectivity index (χ3n) is 2.25. The molecule has 0 bridgehead atoms. The molecule has 1 rings (SSSR count). The third kappa shape index (κ3) is 4.02. The monoisotopic (exact) mass is 173 g/mol. The second-order valence-corrected chi connectivity index (χ2v) is 4.67. The normalized spacial score (nSPS) is 20.2. The zero-order valence-electron chi connectivity index (χ0n) is 7.60. The minimum absolute atomic E-state index is 0.771. The van der Waals surface area contributed by atoms with Crippen LogP contribution in [0.15, 0.2) is 0 Å². The molecule has 1 fully saturated rings. The summed E-state index contributed by atoms with van der Waals surface area (Å²) in [4.78, 5) is 0. The molecular weight excluding hydrogens is 154 g/mol. The van der Waals surface area contributed by atoms with Gasteiger partial charge >= 0.3 is 0 Å². The van der Waals surface area contributed by atoms with Gasteiger partial charge in [-0.15, -0.1) is 0 Å². The van der Waals surface area contributed by atoms with Crippen molar-refractivity contribution in [2.45, 2.75) is 32.7 Å². The molecule has 0 spiro atoms. The van der Waals surface area contributed by atoms with E-state index >= 15 is 0 Å². The van der Waals surface area contributed by atoms with E-state index in [1.165, 1.54) is 30.9 Å². The zero-order chi connectivity index (χ0) is 8.10. The van der Waals surface area contributed by atoms with E-state index in [9.17, 15) is 0 Å². The predicted octanol–water partition coefficient (Wildman–Crippen LogP) is 2.13. The lowest BCUT2D eigenvalue weighted by atomic mass is 10.2. The maximum absolute atomic E-state index is 3.56. The van der Waals surface area contributed by atoms with Crippen molar-refractivity contribution in [3.05, 3.63) is 0 Å². The van der Waals surface area contributed by atoms with Crippen LogP contribution in [-0.4, -0.2) is 24.1 Å². The van der Waals surface area contributed by atoms with Crippen molar-refractivity contribution in [3.63, 3.8) is 0 Å². The number of nitrogens with one attached hydrogen (secondary N) is 1. The summed E-state index contributed by atoms with van der Waals surface area (Å²) in [5.74, 6) is 3.52. The standard InChI is InChI=1S/C9H19NS/c1-3-11-7-6-10-8(2)9-4-5-9/h8-10H,3-7H2,1-2H3. The Balaban J connectivity index is 1.85. The second-order valence-electron chi connectivity index (χ2n) is 3.28. The molecule has 0 saturated heterocycles. The molecule has 1 N–H and O–H groups in total. The first kappa shape index (κ1) is 9.40. The smallest absolute Gasteiger partial charge is 0.00673 e. The van der Waals surface area contributed by atoms with E-state index in [2.05, 4.69) is 19.2 Å². The van der Waals surface area contributed by atoms with Crippen molar-refractivity contribution >= 4 is 11.8 Å². The minimum atomic E-state index is 0.771. The summed E-state index contributed by atoms with van der Waals surface area (Å²) in [6.07, 6.45) is 2.91. The highest BCUT2D eigenvalue weighted by Gasteiger charge is 2.26. The average molecular weight is 173 g/mol. The Kier molecular flexibility index (Phi) is 4.31. The van der Waals surface area contributed by atoms with Gasteiger partial charge in [-0.05, 0) is 31.4 Å². The van der Waals surface area contributed by atoms with Crippen LogP contribution in [0.1, 0.15) is 26.7 Å². The van der Waals surface area contributed by atoms with Gasteiger partial charge in [0.1, 0.15) is 0 Å². The molecule has 1 saturated carbocycles. The highest BCUT2D eigenvalue weighted by molar-refractivity contribution is 7.99. The van der Waals surface area contributed by atoms with Gasteiger partial charge in [0.15, 0.2) is 0 Å². The van der Waals surface area contributed by atoms with E-state index in [0.29, 0.717) is 0 Å². The van der Waals surface area contributed by atoms with E-state index in [-0.39, 0.29) is 0 Å². The first-order valence-electron chi connectivity index (χ1n) is 4.65. The Morgan fingerprint density at radius 1 is 1.55 bits per heavy atom. The third-order valence-corrected chi connectivity index (χ3v) is 3.15. The molecule has 0 aliphatic heterocycles. The molecular formula is C9H19NS. The molecule has 0 radical (unpaired) electrons. The van der Waals surface area contributed by atoms with Crippen LogP contribution in [-0.2, 0) is 0 Å². The Labute approximate surface area is 74.3 Å². The van der Waals surface area contributed by atoms with E-state index in [1.54, 1.807) is 0 Å². The summed E-state index contributed by atoms with van der Waals surface area (Å²) >= 11 is 2.02. The number of rotatable bonds is 6. The molecule has 0 aromatic carbocycles. The van der Waals surface area contributed by atoms with E-state index in [0.717, 1.165) is 12.0 Å². The molecule has 0 amide bonds. The van der Waals surface area contributed by atoms with Crippen molar-refractivity contribution in [2.75, 3.05) is 18.1 Å². The first-order chi connectivity index (χ1) is 5.34. The number of hydrogen-bond donors (Lipinski definition) is 1. The van der Waals surface area contributed by atoms with Crippen LogP contribution < -0.4 is 5.32 Å². The van der Waals surface area contributed by atoms with Gasteiger partial charge < -0.3 is 5.32 Å². The lowest BCUT2D eigenvalue weighted by Gasteiger charge is -2.11. The van der Waals surface area contributed by atoms with E-state index < -0.39 is 0 Å². The van der Waals surface area contributed by atoms with Crippen LogP contribution in [0.5, 0.6) is 0 Å². The molecule has 1 nitrogen and oxygen atoms in total. The maximum atomic E-state index is 3.56. The van der Waals surface area contributed by atoms with Gasteiger partial charge in [-0.2, -0.15) is 11.8 Å². The Morgan fingerprint density at radius 2 is 2.27 bits per heavy atom. The van der Waals surface area contributed by atoms with Gasteiger partial charge in [0.2, 0.25) is 0 Å². The molecule has 0 heterocycles. The van der Waals surface area contributed by atoms with Gasteiger partial charge in [0, 0.05) is 18.3 Å². The van der Waals surface area contributed by atoms with Crippen LogP contribution in [0.4, 0.5) is 0 Å². The highest BCUT2D eigenvalue weighted by atomic mass is 32.2. The van der Waals surface area contributed by atoms with Gasteiger partial charge in [-0.25, -0.2) is 0 Å². The molecule has 66 valence electrons. The van der Waals surface area contributed by atoms with Crippen molar-refractivity contribution in [1.82, 2.24) is 5.32 Å². The van der Waals surface area contributed by atoms with E-state index in [4.69, 9.17) is 0 Å². The van der Waals surface area contributed by atoms with Crippen LogP contribution in [0.25, 0.3) is 0 Å². The van der Waals surface area contributed by atoms with Gasteiger partial charge in [0.25, 0.3) is 0 Å². The van der Waals surface area contributed by atoms with Gasteiger partial charge in [-0.3, -0.25) is 0 Å². The van der Waals surface area contributed by atoms with E-state index in [1.807, 2.05) is 11.8 Å². The summed E-state index contributed by atoms with van der Waals surface area (Å²) < 4.78 is 0. The summed E-state index contributed by atoms with van der Waals surface area (Å²) in [7, 11) is 0. The fourth-order valence-corrected chi connectivity index (χ4v) is 1.82. The van der Waals surface area contributed by atoms with Crippen molar-refractivity contribution in [2.24, 2.45) is 5.92 Å². The average Bonchev–Trinajstić information content (AvgIpc) is 2.79. The number of hydrogen-bond acceptors (Lipinski definition) is 2. The summed E-state index contributed by atoms with van der Waals surface area (Å²) in [6.45, 7) is 5.72. The Morgan fingerprint density at radius 3 is 2.82 bits per heavy atom. The fourth-order valence-electron chi connectivity index (χ4n) is 1.27. The molecule has 1 aliphatic carbocycles. The fraction of sp³-hybridized carbons (Fsp3) is 1.00. The quantitative estimate of drug-likeness (QED) is 0.618. The largest absolute Gasteiger partial charge is 0.313 e. The molecule has 1 atom stereocenters. The van der Waals surface area contributed by atoms with Gasteiger partial charge in [0.05, 0.1) is 0 Å². The maximum Gasteiger partial charge on any atom is 0.00673 e. The molecule has 1 unspecified atom stereocenters. The summed E-state index contributed by atoms with van der Waals surface area (Å²) in [5.41, 5.74) is 0. The number of thioether (sulfide) groups is 1. The Bertz CT molecular complexity index is 102. The van der Waals surface area contributed by atoms with Crippen molar-refractivity contribution in [3.8, 4) is 0 Å². The van der Waals surface area contributed by atoms with Crippen LogP contribution in [0, 0.1) is 5.92 Å². The highest BCUT2D eigenvalue weighted by Crippen LogP contribution is 2.32. The summed E-state index contributed by atoms with van der Waals surface area (Å²) in [6, 6.07) is 0.771. The molecule has 11 heavy (non-hydrogen) atoms. The lowest BCUT2D eigenvalue weighted by Crippen LogP contribution is -2.29. The van der Waals surface area contributed by atoms with Crippen LogP contribution >= 0.6 is 11.8 Å². The first-order valence-corrected chi connectivity index (χ1v) is 5.81. The Hall–Kier alpha value is 0.310. The topological polar surface area (TPSA) is 12.0 Å².